The van der Waals surface area contributed by atoms with Crippen LogP contribution < -0.4 is 0 Å². The van der Waals surface area contributed by atoms with Crippen LogP contribution in [0.5, 0.6) is 0 Å². The van der Waals surface area contributed by atoms with Gasteiger partial charge in [-0.1, -0.05) is 6.08 Å². The lowest BCUT2D eigenvalue weighted by Crippen LogP contribution is -2.25. The minimum absolute atomic E-state index is 0.00667. The summed E-state index contributed by atoms with van der Waals surface area (Å²) in [5.41, 5.74) is 0. The summed E-state index contributed by atoms with van der Waals surface area (Å²) in [6.45, 7) is 1.49. The SMILES string of the molecule is O=C(C=CCO)N1C[CH]CC1. The number of carbonyl (C=O) groups is 1. The molecule has 0 bridgehead atoms. The van der Waals surface area contributed by atoms with Crippen molar-refractivity contribution in [2.45, 2.75) is 6.42 Å². The molecule has 1 heterocycles. The van der Waals surface area contributed by atoms with E-state index in [-0.39, 0.29) is 12.5 Å². The Morgan fingerprint density at radius 3 is 3.09 bits per heavy atom. The predicted molar refractivity (Wildman–Crippen MR) is 41.7 cm³/mol. The van der Waals surface area contributed by atoms with E-state index in [1.165, 1.54) is 12.2 Å². The molecule has 1 aliphatic rings. The molecule has 11 heavy (non-hydrogen) atoms. The van der Waals surface area contributed by atoms with Crippen LogP contribution in [-0.2, 0) is 4.79 Å². The second-order valence-electron chi connectivity index (χ2n) is 2.45. The Balaban J connectivity index is 2.34. The van der Waals surface area contributed by atoms with Gasteiger partial charge in [-0.3, -0.25) is 4.79 Å². The third-order valence-corrected chi connectivity index (χ3v) is 1.63. The van der Waals surface area contributed by atoms with Crippen molar-refractivity contribution >= 4 is 5.91 Å². The summed E-state index contributed by atoms with van der Waals surface area (Å²) in [6, 6.07) is 0. The Bertz CT molecular complexity index is 159. The summed E-state index contributed by atoms with van der Waals surface area (Å²) in [4.78, 5) is 12.9. The van der Waals surface area contributed by atoms with Crippen LogP contribution in [-0.4, -0.2) is 35.6 Å². The summed E-state index contributed by atoms with van der Waals surface area (Å²) in [7, 11) is 0. The molecule has 1 fully saturated rings. The lowest BCUT2D eigenvalue weighted by atomic mass is 10.4. The van der Waals surface area contributed by atoms with E-state index in [1.54, 1.807) is 4.90 Å². The zero-order valence-corrected chi connectivity index (χ0v) is 6.36. The first-order valence-corrected chi connectivity index (χ1v) is 3.72. The first-order chi connectivity index (χ1) is 5.34. The zero-order valence-electron chi connectivity index (χ0n) is 6.36. The van der Waals surface area contributed by atoms with E-state index in [4.69, 9.17) is 5.11 Å². The Kier molecular flexibility index (Phi) is 3.11. The second-order valence-corrected chi connectivity index (χ2v) is 2.45. The summed E-state index contributed by atoms with van der Waals surface area (Å²) >= 11 is 0. The molecule has 1 amide bonds. The number of likely N-dealkylation sites (tertiary alicyclic amines) is 1. The van der Waals surface area contributed by atoms with Gasteiger partial charge in [-0.15, -0.1) is 0 Å². The molecule has 0 aromatic rings. The number of hydrogen-bond acceptors (Lipinski definition) is 2. The van der Waals surface area contributed by atoms with Gasteiger partial charge in [0.2, 0.25) is 5.91 Å². The van der Waals surface area contributed by atoms with Crippen molar-refractivity contribution in [3.05, 3.63) is 18.6 Å². The van der Waals surface area contributed by atoms with E-state index >= 15 is 0 Å². The van der Waals surface area contributed by atoms with Crippen LogP contribution in [0.3, 0.4) is 0 Å². The second kappa shape index (κ2) is 4.13. The van der Waals surface area contributed by atoms with Crippen molar-refractivity contribution in [2.24, 2.45) is 0 Å². The normalized spacial score (nSPS) is 18.1. The van der Waals surface area contributed by atoms with E-state index < -0.39 is 0 Å². The largest absolute Gasteiger partial charge is 0.392 e. The number of rotatable bonds is 2. The van der Waals surface area contributed by atoms with Crippen molar-refractivity contribution in [1.29, 1.82) is 0 Å². The summed E-state index contributed by atoms with van der Waals surface area (Å²) < 4.78 is 0. The third-order valence-electron chi connectivity index (χ3n) is 1.63. The zero-order chi connectivity index (χ0) is 8.10. The van der Waals surface area contributed by atoms with Crippen molar-refractivity contribution in [3.8, 4) is 0 Å². The minimum atomic E-state index is -0.0662. The average Bonchev–Trinajstić information content (AvgIpc) is 2.52. The van der Waals surface area contributed by atoms with Crippen LogP contribution in [0.4, 0.5) is 0 Å². The average molecular weight is 154 g/mol. The van der Waals surface area contributed by atoms with Crippen molar-refractivity contribution in [1.82, 2.24) is 4.90 Å². The number of amides is 1. The smallest absolute Gasteiger partial charge is 0.246 e. The molecule has 1 rings (SSSR count). The highest BCUT2D eigenvalue weighted by Crippen LogP contribution is 2.06. The number of aliphatic hydroxyl groups excluding tert-OH is 1. The van der Waals surface area contributed by atoms with Crippen molar-refractivity contribution in [2.75, 3.05) is 19.7 Å². The quantitative estimate of drug-likeness (QED) is 0.567. The molecule has 61 valence electrons. The predicted octanol–water partition coefficient (Wildman–Crippen LogP) is -0.0285. The van der Waals surface area contributed by atoms with E-state index in [0.717, 1.165) is 19.5 Å². The summed E-state index contributed by atoms with van der Waals surface area (Å²) in [5.74, 6) is -0.00667. The molecule has 0 atom stereocenters. The molecule has 0 unspecified atom stereocenters. The van der Waals surface area contributed by atoms with Gasteiger partial charge >= 0.3 is 0 Å². The Morgan fingerprint density at radius 1 is 1.73 bits per heavy atom. The molecule has 1 N–H and O–H groups in total. The Hall–Kier alpha value is -0.830. The van der Waals surface area contributed by atoms with Crippen LogP contribution >= 0.6 is 0 Å². The van der Waals surface area contributed by atoms with E-state index in [2.05, 4.69) is 6.42 Å². The molecule has 3 heteroatoms. The monoisotopic (exact) mass is 154 g/mol. The van der Waals surface area contributed by atoms with Crippen LogP contribution in [0.15, 0.2) is 12.2 Å². The molecule has 1 radical (unpaired) electrons. The van der Waals surface area contributed by atoms with Crippen molar-refractivity contribution < 1.29 is 9.90 Å². The number of aliphatic hydroxyl groups is 1. The maximum Gasteiger partial charge on any atom is 0.246 e. The Morgan fingerprint density at radius 2 is 2.55 bits per heavy atom. The van der Waals surface area contributed by atoms with Crippen LogP contribution in [0, 0.1) is 6.42 Å². The number of carbonyl (C=O) groups excluding carboxylic acids is 1. The fourth-order valence-corrected chi connectivity index (χ4v) is 1.04. The highest BCUT2D eigenvalue weighted by Gasteiger charge is 2.14. The number of hydrogen-bond donors (Lipinski definition) is 1. The molecule has 0 spiro atoms. The molecular weight excluding hydrogens is 142 g/mol. The molecule has 0 saturated carbocycles. The Labute approximate surface area is 66.3 Å². The molecule has 3 nitrogen and oxygen atoms in total. The fraction of sp³-hybridized carbons (Fsp3) is 0.500. The van der Waals surface area contributed by atoms with Gasteiger partial charge in [0.1, 0.15) is 0 Å². The summed E-state index contributed by atoms with van der Waals surface area (Å²) in [6.07, 6.45) is 5.93. The maximum atomic E-state index is 11.1. The van der Waals surface area contributed by atoms with Crippen LogP contribution in [0.1, 0.15) is 6.42 Å². The summed E-state index contributed by atoms with van der Waals surface area (Å²) in [5, 5.41) is 8.39. The molecule has 1 aliphatic heterocycles. The number of nitrogens with zero attached hydrogens (tertiary/aromatic N) is 1. The third kappa shape index (κ3) is 2.35. The lowest BCUT2D eigenvalue weighted by Gasteiger charge is -2.11. The van der Waals surface area contributed by atoms with Gasteiger partial charge in [0, 0.05) is 19.2 Å². The van der Waals surface area contributed by atoms with Crippen LogP contribution in [0.2, 0.25) is 0 Å². The van der Waals surface area contributed by atoms with Gasteiger partial charge in [-0.2, -0.15) is 0 Å². The first-order valence-electron chi connectivity index (χ1n) is 3.72. The van der Waals surface area contributed by atoms with Gasteiger partial charge in [0.25, 0.3) is 0 Å². The minimum Gasteiger partial charge on any atom is -0.392 e. The molecular formula is C8H12NO2. The maximum absolute atomic E-state index is 11.1. The molecule has 0 aromatic carbocycles. The highest BCUT2D eigenvalue weighted by atomic mass is 16.2. The van der Waals surface area contributed by atoms with E-state index in [0.29, 0.717) is 0 Å². The molecule has 1 saturated heterocycles. The lowest BCUT2D eigenvalue weighted by molar-refractivity contribution is -0.124. The standard InChI is InChI=1S/C8H12NO2/c10-7-3-4-8(11)9-5-1-2-6-9/h1,3-4,10H,2,5-7H2. The molecule has 0 aliphatic carbocycles. The van der Waals surface area contributed by atoms with Gasteiger partial charge < -0.3 is 10.0 Å². The van der Waals surface area contributed by atoms with Gasteiger partial charge in [-0.05, 0) is 12.8 Å². The van der Waals surface area contributed by atoms with Gasteiger partial charge in [0.15, 0.2) is 0 Å². The van der Waals surface area contributed by atoms with Crippen LogP contribution in [0.25, 0.3) is 0 Å². The topological polar surface area (TPSA) is 40.5 Å². The fourth-order valence-electron chi connectivity index (χ4n) is 1.04. The van der Waals surface area contributed by atoms with Crippen molar-refractivity contribution in [3.63, 3.8) is 0 Å². The highest BCUT2D eigenvalue weighted by molar-refractivity contribution is 5.87. The van der Waals surface area contributed by atoms with Gasteiger partial charge in [-0.25, -0.2) is 0 Å². The van der Waals surface area contributed by atoms with E-state index in [9.17, 15) is 4.79 Å². The van der Waals surface area contributed by atoms with Gasteiger partial charge in [0.05, 0.1) is 6.61 Å². The molecule has 0 aromatic heterocycles. The van der Waals surface area contributed by atoms with E-state index in [1.807, 2.05) is 0 Å². The first kappa shape index (κ1) is 8.27.